The van der Waals surface area contributed by atoms with E-state index in [1.165, 1.54) is 0 Å². The number of carbonyl (C=O) groups is 1. The van der Waals surface area contributed by atoms with E-state index in [2.05, 4.69) is 5.92 Å². The summed E-state index contributed by atoms with van der Waals surface area (Å²) in [5.41, 5.74) is 1.07. The summed E-state index contributed by atoms with van der Waals surface area (Å²) in [4.78, 5) is 14.1. The Morgan fingerprint density at radius 2 is 2.05 bits per heavy atom. The molecule has 0 unspecified atom stereocenters. The highest BCUT2D eigenvalue weighted by Crippen LogP contribution is 2.29. The van der Waals surface area contributed by atoms with Gasteiger partial charge < -0.3 is 9.64 Å². The van der Waals surface area contributed by atoms with Crippen LogP contribution in [0.5, 0.6) is 0 Å². The molecule has 0 aromatic heterocycles. The van der Waals surface area contributed by atoms with Gasteiger partial charge in [0.05, 0.1) is 23.8 Å². The van der Waals surface area contributed by atoms with Crippen molar-refractivity contribution in [2.24, 2.45) is 0 Å². The Balaban J connectivity index is 2.32. The molecular weight excluding hydrogens is 285 g/mol. The third kappa shape index (κ3) is 3.03. The molecule has 1 aromatic rings. The summed E-state index contributed by atoms with van der Waals surface area (Å²) >= 11 is 12.3. The first-order valence-electron chi connectivity index (χ1n) is 5.92. The molecule has 0 saturated carbocycles. The van der Waals surface area contributed by atoms with Gasteiger partial charge in [0.2, 0.25) is 0 Å². The molecule has 0 bridgehead atoms. The lowest BCUT2D eigenvalue weighted by atomic mass is 10.1. The molecule has 1 aliphatic heterocycles. The second kappa shape index (κ2) is 6.29. The van der Waals surface area contributed by atoms with Crippen LogP contribution in [-0.4, -0.2) is 37.1 Å². The first-order chi connectivity index (χ1) is 9.15. The van der Waals surface area contributed by atoms with E-state index >= 15 is 0 Å². The molecule has 1 aliphatic rings. The van der Waals surface area contributed by atoms with Crippen LogP contribution in [0.2, 0.25) is 10.0 Å². The highest BCUT2D eigenvalue weighted by atomic mass is 35.5. The number of rotatable bonds is 2. The number of terminal acetylenes is 1. The lowest BCUT2D eigenvalue weighted by Crippen LogP contribution is -2.40. The van der Waals surface area contributed by atoms with Crippen molar-refractivity contribution >= 4 is 29.1 Å². The Morgan fingerprint density at radius 3 is 2.68 bits per heavy atom. The topological polar surface area (TPSA) is 29.5 Å². The third-order valence-electron chi connectivity index (χ3n) is 2.99. The van der Waals surface area contributed by atoms with Gasteiger partial charge in [-0.3, -0.25) is 4.79 Å². The summed E-state index contributed by atoms with van der Waals surface area (Å²) in [6.07, 6.45) is 5.60. The Hall–Kier alpha value is -1.21. The highest BCUT2D eigenvalue weighted by Gasteiger charge is 2.22. The Morgan fingerprint density at radius 1 is 1.37 bits per heavy atom. The van der Waals surface area contributed by atoms with E-state index in [1.54, 1.807) is 17.0 Å². The molecule has 0 spiro atoms. The second-order valence-electron chi connectivity index (χ2n) is 4.17. The van der Waals surface area contributed by atoms with E-state index in [0.717, 1.165) is 0 Å². The molecule has 5 heteroatoms. The molecule has 0 N–H and O–H groups in total. The van der Waals surface area contributed by atoms with E-state index < -0.39 is 0 Å². The van der Waals surface area contributed by atoms with Gasteiger partial charge >= 0.3 is 0 Å². The van der Waals surface area contributed by atoms with Crippen LogP contribution in [0.15, 0.2) is 12.1 Å². The van der Waals surface area contributed by atoms with Crippen molar-refractivity contribution in [1.82, 2.24) is 4.90 Å². The van der Waals surface area contributed by atoms with E-state index in [4.69, 9.17) is 34.4 Å². The minimum Gasteiger partial charge on any atom is -0.378 e. The van der Waals surface area contributed by atoms with E-state index in [1.807, 2.05) is 0 Å². The summed E-state index contributed by atoms with van der Waals surface area (Å²) < 4.78 is 5.22. The lowest BCUT2D eigenvalue weighted by molar-refractivity contribution is 0.0303. The lowest BCUT2D eigenvalue weighted by Gasteiger charge is -2.27. The van der Waals surface area contributed by atoms with Crippen LogP contribution in [-0.2, 0) is 11.2 Å². The smallest absolute Gasteiger partial charge is 0.255 e. The summed E-state index contributed by atoms with van der Waals surface area (Å²) in [5.74, 6) is 2.39. The van der Waals surface area contributed by atoms with Crippen LogP contribution in [0.3, 0.4) is 0 Å². The van der Waals surface area contributed by atoms with E-state index in [0.29, 0.717) is 53.9 Å². The molecule has 1 heterocycles. The average molecular weight is 298 g/mol. The zero-order chi connectivity index (χ0) is 13.8. The maximum Gasteiger partial charge on any atom is 0.255 e. The van der Waals surface area contributed by atoms with Gasteiger partial charge in [-0.2, -0.15) is 0 Å². The summed E-state index contributed by atoms with van der Waals surface area (Å²) in [6, 6.07) is 3.30. The Labute approximate surface area is 122 Å². The van der Waals surface area contributed by atoms with Crippen molar-refractivity contribution in [2.45, 2.75) is 6.42 Å². The Kier molecular flexibility index (Phi) is 4.71. The minimum absolute atomic E-state index is 0.108. The number of hydrogen-bond donors (Lipinski definition) is 0. The number of morpholine rings is 1. The number of benzene rings is 1. The van der Waals surface area contributed by atoms with Gasteiger partial charge in [0.25, 0.3) is 5.91 Å². The standard InChI is InChI=1S/C14H13Cl2NO2/c1-2-3-10-12(15)5-4-11(13(10)16)14(18)17-6-8-19-9-7-17/h1,4-5H,3,6-9H2. The molecule has 1 fully saturated rings. The van der Waals surface area contributed by atoms with E-state index in [-0.39, 0.29) is 5.91 Å². The minimum atomic E-state index is -0.108. The van der Waals surface area contributed by atoms with Crippen LogP contribution < -0.4 is 0 Å². The number of ether oxygens (including phenoxy) is 1. The van der Waals surface area contributed by atoms with Gasteiger partial charge in [0, 0.05) is 30.1 Å². The number of carbonyl (C=O) groups excluding carboxylic acids is 1. The normalized spacial score (nSPS) is 15.1. The largest absolute Gasteiger partial charge is 0.378 e. The molecule has 19 heavy (non-hydrogen) atoms. The molecule has 1 aromatic carbocycles. The van der Waals surface area contributed by atoms with Crippen LogP contribution >= 0.6 is 23.2 Å². The molecule has 0 aliphatic carbocycles. The van der Waals surface area contributed by atoms with Crippen LogP contribution in [0, 0.1) is 12.3 Å². The summed E-state index contributed by atoms with van der Waals surface area (Å²) in [7, 11) is 0. The molecule has 1 amide bonds. The van der Waals surface area contributed by atoms with Crippen molar-refractivity contribution in [2.75, 3.05) is 26.3 Å². The van der Waals surface area contributed by atoms with Gasteiger partial charge in [0.1, 0.15) is 0 Å². The maximum absolute atomic E-state index is 12.4. The fourth-order valence-corrected chi connectivity index (χ4v) is 2.55. The number of halogens is 2. The highest BCUT2D eigenvalue weighted by molar-refractivity contribution is 6.38. The zero-order valence-electron chi connectivity index (χ0n) is 10.3. The Bertz CT molecular complexity index is 531. The molecule has 1 saturated heterocycles. The monoisotopic (exact) mass is 297 g/mol. The second-order valence-corrected chi connectivity index (χ2v) is 4.96. The molecule has 2 rings (SSSR count). The molecule has 100 valence electrons. The molecule has 3 nitrogen and oxygen atoms in total. The van der Waals surface area contributed by atoms with Gasteiger partial charge in [-0.05, 0) is 12.1 Å². The maximum atomic E-state index is 12.4. The quantitative estimate of drug-likeness (QED) is 0.786. The van der Waals surface area contributed by atoms with Crippen molar-refractivity contribution in [3.8, 4) is 12.3 Å². The number of amides is 1. The SMILES string of the molecule is C#CCc1c(Cl)ccc(C(=O)N2CCOCC2)c1Cl. The summed E-state index contributed by atoms with van der Waals surface area (Å²) in [5, 5.41) is 0.836. The molecular formula is C14H13Cl2NO2. The average Bonchev–Trinajstić information content (AvgIpc) is 2.44. The fourth-order valence-electron chi connectivity index (χ4n) is 1.96. The molecule has 0 radical (unpaired) electrons. The summed E-state index contributed by atoms with van der Waals surface area (Å²) in [6.45, 7) is 2.24. The molecule has 0 atom stereocenters. The first-order valence-corrected chi connectivity index (χ1v) is 6.68. The van der Waals surface area contributed by atoms with Crippen LogP contribution in [0.4, 0.5) is 0 Å². The first kappa shape index (κ1) is 14.2. The van der Waals surface area contributed by atoms with Gasteiger partial charge in [-0.25, -0.2) is 0 Å². The van der Waals surface area contributed by atoms with Crippen molar-refractivity contribution in [1.29, 1.82) is 0 Å². The zero-order valence-corrected chi connectivity index (χ0v) is 11.8. The third-order valence-corrected chi connectivity index (χ3v) is 3.78. The van der Waals surface area contributed by atoms with Crippen molar-refractivity contribution < 1.29 is 9.53 Å². The predicted molar refractivity (Wildman–Crippen MR) is 75.7 cm³/mol. The van der Waals surface area contributed by atoms with Gasteiger partial charge in [-0.15, -0.1) is 12.3 Å². The van der Waals surface area contributed by atoms with Crippen LogP contribution in [0.1, 0.15) is 15.9 Å². The number of nitrogens with zero attached hydrogens (tertiary/aromatic N) is 1. The number of hydrogen-bond acceptors (Lipinski definition) is 2. The fraction of sp³-hybridized carbons (Fsp3) is 0.357. The van der Waals surface area contributed by atoms with Gasteiger partial charge in [-0.1, -0.05) is 23.2 Å². The van der Waals surface area contributed by atoms with Crippen LogP contribution in [0.25, 0.3) is 0 Å². The van der Waals surface area contributed by atoms with E-state index in [9.17, 15) is 4.79 Å². The van der Waals surface area contributed by atoms with Crippen molar-refractivity contribution in [3.63, 3.8) is 0 Å². The van der Waals surface area contributed by atoms with Crippen molar-refractivity contribution in [3.05, 3.63) is 33.3 Å². The predicted octanol–water partition coefficient (Wildman–Crippen LogP) is 2.64. The van der Waals surface area contributed by atoms with Gasteiger partial charge in [0.15, 0.2) is 0 Å².